The molecule has 1 aliphatic heterocycles. The fourth-order valence-corrected chi connectivity index (χ4v) is 3.06. The van der Waals surface area contributed by atoms with E-state index in [1.807, 2.05) is 61.5 Å². The smallest absolute Gasteiger partial charge is 0.232 e. The molecule has 0 bridgehead atoms. The molecule has 0 aromatic heterocycles. The lowest BCUT2D eigenvalue weighted by Gasteiger charge is -2.21. The fraction of sp³-hybridized carbons (Fsp3) is 0.300. The zero-order valence-corrected chi connectivity index (χ0v) is 14.1. The molecule has 1 aliphatic rings. The Labute approximate surface area is 142 Å². The summed E-state index contributed by atoms with van der Waals surface area (Å²) in [4.78, 5) is 28.4. The van der Waals surface area contributed by atoms with Crippen molar-refractivity contribution in [2.24, 2.45) is 5.92 Å². The monoisotopic (exact) mass is 322 g/mol. The zero-order valence-electron chi connectivity index (χ0n) is 14.1. The number of nitrogens with zero attached hydrogens (tertiary/aromatic N) is 2. The summed E-state index contributed by atoms with van der Waals surface area (Å²) >= 11 is 0. The van der Waals surface area contributed by atoms with Gasteiger partial charge in [0.1, 0.15) is 0 Å². The number of benzene rings is 2. The summed E-state index contributed by atoms with van der Waals surface area (Å²) in [5.74, 6) is -0.218. The Hall–Kier alpha value is -2.62. The number of rotatable bonds is 4. The number of hydrogen-bond donors (Lipinski definition) is 0. The molecule has 2 aromatic carbocycles. The Kier molecular flexibility index (Phi) is 4.65. The maximum absolute atomic E-state index is 12.7. The number of carbonyl (C=O) groups is 2. The van der Waals surface area contributed by atoms with E-state index in [9.17, 15) is 9.59 Å². The second-order valence-corrected chi connectivity index (χ2v) is 6.39. The van der Waals surface area contributed by atoms with Crippen molar-refractivity contribution in [1.82, 2.24) is 4.90 Å². The molecule has 1 saturated heterocycles. The Morgan fingerprint density at radius 3 is 2.46 bits per heavy atom. The number of amides is 2. The largest absolute Gasteiger partial charge is 0.338 e. The molecule has 3 rings (SSSR count). The van der Waals surface area contributed by atoms with E-state index in [1.165, 1.54) is 5.56 Å². The zero-order chi connectivity index (χ0) is 17.1. The molecule has 0 radical (unpaired) electrons. The molecule has 0 N–H and O–H groups in total. The quantitative estimate of drug-likeness (QED) is 0.868. The van der Waals surface area contributed by atoms with Crippen molar-refractivity contribution in [1.29, 1.82) is 0 Å². The van der Waals surface area contributed by atoms with Crippen LogP contribution in [0.5, 0.6) is 0 Å². The van der Waals surface area contributed by atoms with Crippen LogP contribution in [-0.4, -0.2) is 30.3 Å². The van der Waals surface area contributed by atoms with Gasteiger partial charge in [-0.3, -0.25) is 9.59 Å². The maximum atomic E-state index is 12.7. The van der Waals surface area contributed by atoms with E-state index in [-0.39, 0.29) is 17.7 Å². The van der Waals surface area contributed by atoms with Gasteiger partial charge in [0.05, 0.1) is 5.92 Å². The van der Waals surface area contributed by atoms with Crippen molar-refractivity contribution in [2.75, 3.05) is 18.5 Å². The van der Waals surface area contributed by atoms with Gasteiger partial charge in [0.25, 0.3) is 0 Å². The minimum atomic E-state index is -0.270. The first kappa shape index (κ1) is 16.2. The van der Waals surface area contributed by atoms with E-state index in [2.05, 4.69) is 0 Å². The van der Waals surface area contributed by atoms with Gasteiger partial charge in [0.15, 0.2) is 0 Å². The first-order valence-corrected chi connectivity index (χ1v) is 8.20. The Balaban J connectivity index is 1.65. The van der Waals surface area contributed by atoms with Crippen molar-refractivity contribution in [3.63, 3.8) is 0 Å². The highest BCUT2D eigenvalue weighted by Crippen LogP contribution is 2.24. The molecule has 1 unspecified atom stereocenters. The first-order chi connectivity index (χ1) is 11.5. The van der Waals surface area contributed by atoms with Crippen molar-refractivity contribution in [2.45, 2.75) is 19.9 Å². The lowest BCUT2D eigenvalue weighted by Crippen LogP contribution is -2.34. The highest BCUT2D eigenvalue weighted by atomic mass is 16.2. The highest BCUT2D eigenvalue weighted by Gasteiger charge is 2.35. The lowest BCUT2D eigenvalue weighted by atomic mass is 10.1. The molecular weight excluding hydrogens is 300 g/mol. The minimum absolute atomic E-state index is 0.000885. The van der Waals surface area contributed by atoms with Crippen LogP contribution in [0.25, 0.3) is 0 Å². The molecule has 0 spiro atoms. The third kappa shape index (κ3) is 3.48. The molecule has 4 nitrogen and oxygen atoms in total. The first-order valence-electron chi connectivity index (χ1n) is 8.20. The molecule has 124 valence electrons. The minimum Gasteiger partial charge on any atom is -0.338 e. The van der Waals surface area contributed by atoms with Gasteiger partial charge in [-0.2, -0.15) is 0 Å². The van der Waals surface area contributed by atoms with Crippen molar-refractivity contribution < 1.29 is 9.59 Å². The lowest BCUT2D eigenvalue weighted by molar-refractivity contribution is -0.128. The standard InChI is InChI=1S/C20H22N2O2/c1-15-8-10-16(11-9-15)13-22-14-17(12-19(22)23)20(24)21(2)18-6-4-3-5-7-18/h3-11,17H,12-14H2,1-2H3. The second kappa shape index (κ2) is 6.87. The van der Waals surface area contributed by atoms with Gasteiger partial charge in [-0.05, 0) is 24.6 Å². The van der Waals surface area contributed by atoms with Crippen LogP contribution in [-0.2, 0) is 16.1 Å². The van der Waals surface area contributed by atoms with Crippen LogP contribution >= 0.6 is 0 Å². The number of hydrogen-bond acceptors (Lipinski definition) is 2. The summed E-state index contributed by atoms with van der Waals surface area (Å²) in [5.41, 5.74) is 3.15. The van der Waals surface area contributed by atoms with Gasteiger partial charge in [-0.15, -0.1) is 0 Å². The predicted molar refractivity (Wildman–Crippen MR) is 94.6 cm³/mol. The van der Waals surface area contributed by atoms with Crippen LogP contribution in [0, 0.1) is 12.8 Å². The molecule has 4 heteroatoms. The van der Waals surface area contributed by atoms with Gasteiger partial charge in [-0.1, -0.05) is 48.0 Å². The van der Waals surface area contributed by atoms with E-state index in [0.717, 1.165) is 11.3 Å². The van der Waals surface area contributed by atoms with Gasteiger partial charge < -0.3 is 9.80 Å². The summed E-state index contributed by atoms with van der Waals surface area (Å²) in [6.45, 7) is 3.10. The third-order valence-electron chi connectivity index (χ3n) is 4.53. The van der Waals surface area contributed by atoms with Crippen molar-refractivity contribution >= 4 is 17.5 Å². The molecule has 1 heterocycles. The second-order valence-electron chi connectivity index (χ2n) is 6.39. The molecule has 24 heavy (non-hydrogen) atoms. The van der Waals surface area contributed by atoms with Crippen LogP contribution in [0.1, 0.15) is 17.5 Å². The predicted octanol–water partition coefficient (Wildman–Crippen LogP) is 3.01. The average Bonchev–Trinajstić information content (AvgIpc) is 2.97. The van der Waals surface area contributed by atoms with Crippen LogP contribution < -0.4 is 4.90 Å². The molecule has 1 atom stereocenters. The van der Waals surface area contributed by atoms with E-state index < -0.39 is 0 Å². The Morgan fingerprint density at radius 1 is 1.12 bits per heavy atom. The number of likely N-dealkylation sites (tertiary alicyclic amines) is 1. The SMILES string of the molecule is Cc1ccc(CN2CC(C(=O)N(C)c3ccccc3)CC2=O)cc1. The van der Waals surface area contributed by atoms with Crippen LogP contribution in [0.15, 0.2) is 54.6 Å². The number of para-hydroxylation sites is 1. The molecule has 0 saturated carbocycles. The van der Waals surface area contributed by atoms with Gasteiger partial charge in [0.2, 0.25) is 11.8 Å². The topological polar surface area (TPSA) is 40.6 Å². The third-order valence-corrected chi connectivity index (χ3v) is 4.53. The molecule has 2 aromatic rings. The van der Waals surface area contributed by atoms with Crippen LogP contribution in [0.3, 0.4) is 0 Å². The maximum Gasteiger partial charge on any atom is 0.232 e. The summed E-state index contributed by atoms with van der Waals surface area (Å²) in [6, 6.07) is 17.7. The summed E-state index contributed by atoms with van der Waals surface area (Å²) in [6.07, 6.45) is 0.294. The van der Waals surface area contributed by atoms with Gasteiger partial charge in [-0.25, -0.2) is 0 Å². The van der Waals surface area contributed by atoms with Gasteiger partial charge >= 0.3 is 0 Å². The molecule has 0 aliphatic carbocycles. The van der Waals surface area contributed by atoms with Crippen LogP contribution in [0.2, 0.25) is 0 Å². The van der Waals surface area contributed by atoms with E-state index >= 15 is 0 Å². The normalized spacial score (nSPS) is 17.2. The van der Waals surface area contributed by atoms with Gasteiger partial charge in [0, 0.05) is 32.2 Å². The number of carbonyl (C=O) groups excluding carboxylic acids is 2. The molecule has 2 amide bonds. The number of aryl methyl sites for hydroxylation is 1. The van der Waals surface area contributed by atoms with Crippen molar-refractivity contribution in [3.05, 3.63) is 65.7 Å². The molecule has 1 fully saturated rings. The molecular formula is C20H22N2O2. The summed E-state index contributed by atoms with van der Waals surface area (Å²) in [5, 5.41) is 0. The van der Waals surface area contributed by atoms with Crippen LogP contribution in [0.4, 0.5) is 5.69 Å². The summed E-state index contributed by atoms with van der Waals surface area (Å²) in [7, 11) is 1.77. The van der Waals surface area contributed by atoms with E-state index in [1.54, 1.807) is 16.8 Å². The fourth-order valence-electron chi connectivity index (χ4n) is 3.06. The van der Waals surface area contributed by atoms with E-state index in [0.29, 0.717) is 19.5 Å². The number of anilines is 1. The highest BCUT2D eigenvalue weighted by molar-refractivity contribution is 5.98. The van der Waals surface area contributed by atoms with Crippen molar-refractivity contribution in [3.8, 4) is 0 Å². The average molecular weight is 322 g/mol. The summed E-state index contributed by atoms with van der Waals surface area (Å²) < 4.78 is 0. The van der Waals surface area contributed by atoms with E-state index in [4.69, 9.17) is 0 Å². The Bertz CT molecular complexity index is 725. The Morgan fingerprint density at radius 2 is 1.79 bits per heavy atom.